The monoisotopic (exact) mass is 363 g/mol. The van der Waals surface area contributed by atoms with Crippen LogP contribution >= 0.6 is 0 Å². The molecule has 0 aromatic heterocycles. The van der Waals surface area contributed by atoms with E-state index in [-0.39, 0.29) is 17.4 Å². The summed E-state index contributed by atoms with van der Waals surface area (Å²) in [6, 6.07) is 9.33. The zero-order valence-corrected chi connectivity index (χ0v) is 14.4. The lowest BCUT2D eigenvalue weighted by Gasteiger charge is -2.09. The second-order valence-corrected chi connectivity index (χ2v) is 5.81. The lowest BCUT2D eigenvalue weighted by Crippen LogP contribution is -2.21. The summed E-state index contributed by atoms with van der Waals surface area (Å²) in [4.78, 5) is 23.7. The maximum Gasteiger partial charge on any atom is 0.338 e. The molecule has 5 nitrogen and oxygen atoms in total. The fourth-order valence-corrected chi connectivity index (χ4v) is 1.99. The van der Waals surface area contributed by atoms with Gasteiger partial charge in [-0.2, -0.15) is 0 Å². The average molecular weight is 363 g/mol. The number of hydrogen-bond donors (Lipinski definition) is 1. The van der Waals surface area contributed by atoms with E-state index in [1.165, 1.54) is 0 Å². The second kappa shape index (κ2) is 9.05. The number of esters is 1. The first-order chi connectivity index (χ1) is 12.3. The van der Waals surface area contributed by atoms with Gasteiger partial charge in [0.25, 0.3) is 5.91 Å². The molecule has 1 N–H and O–H groups in total. The van der Waals surface area contributed by atoms with Gasteiger partial charge in [0.15, 0.2) is 6.61 Å². The van der Waals surface area contributed by atoms with E-state index in [1.54, 1.807) is 24.3 Å². The van der Waals surface area contributed by atoms with Crippen LogP contribution in [0, 0.1) is 11.6 Å². The number of nitrogens with one attached hydrogen (secondary N) is 1. The highest BCUT2D eigenvalue weighted by Gasteiger charge is 2.12. The quantitative estimate of drug-likeness (QED) is 0.762. The standard InChI is InChI=1S/C19H19F2NO4/c1-12(2)25-10-13-3-5-14(6-4-13)19(24)26-11-18(23)22-17-8-7-15(20)9-16(17)21/h3-9,12H,10-11H2,1-2H3,(H,22,23). The average Bonchev–Trinajstić information content (AvgIpc) is 2.60. The Morgan fingerprint density at radius 3 is 2.38 bits per heavy atom. The van der Waals surface area contributed by atoms with Gasteiger partial charge in [-0.3, -0.25) is 4.79 Å². The van der Waals surface area contributed by atoms with Crippen LogP contribution in [-0.2, 0) is 20.9 Å². The lowest BCUT2D eigenvalue weighted by atomic mass is 10.1. The number of rotatable bonds is 7. The number of carbonyl (C=O) groups is 2. The summed E-state index contributed by atoms with van der Waals surface area (Å²) in [5.74, 6) is -3.08. The van der Waals surface area contributed by atoms with Crippen LogP contribution in [0.1, 0.15) is 29.8 Å². The van der Waals surface area contributed by atoms with E-state index in [1.807, 2.05) is 13.8 Å². The molecule has 0 fully saturated rings. The van der Waals surface area contributed by atoms with Crippen molar-refractivity contribution in [1.82, 2.24) is 0 Å². The lowest BCUT2D eigenvalue weighted by molar-refractivity contribution is -0.119. The number of benzene rings is 2. The number of amides is 1. The predicted octanol–water partition coefficient (Wildman–Crippen LogP) is 3.69. The number of halogens is 2. The fourth-order valence-electron chi connectivity index (χ4n) is 1.99. The van der Waals surface area contributed by atoms with Crippen LogP contribution in [0.15, 0.2) is 42.5 Å². The van der Waals surface area contributed by atoms with Crippen molar-refractivity contribution < 1.29 is 27.8 Å². The zero-order chi connectivity index (χ0) is 19.1. The minimum Gasteiger partial charge on any atom is -0.452 e. The fraction of sp³-hybridized carbons (Fsp3) is 0.263. The van der Waals surface area contributed by atoms with Crippen molar-refractivity contribution >= 4 is 17.6 Å². The van der Waals surface area contributed by atoms with Gasteiger partial charge in [0, 0.05) is 6.07 Å². The number of anilines is 1. The second-order valence-electron chi connectivity index (χ2n) is 5.81. The van der Waals surface area contributed by atoms with Crippen molar-refractivity contribution in [2.75, 3.05) is 11.9 Å². The summed E-state index contributed by atoms with van der Waals surface area (Å²) in [5, 5.41) is 2.21. The van der Waals surface area contributed by atoms with Crippen LogP contribution in [0.5, 0.6) is 0 Å². The third kappa shape index (κ3) is 5.93. The molecule has 0 bridgehead atoms. The number of carbonyl (C=O) groups excluding carboxylic acids is 2. The van der Waals surface area contributed by atoms with E-state index < -0.39 is 30.1 Å². The summed E-state index contributed by atoms with van der Waals surface area (Å²) in [6.45, 7) is 3.69. The molecule has 0 aliphatic heterocycles. The summed E-state index contributed by atoms with van der Waals surface area (Å²) in [7, 11) is 0. The van der Waals surface area contributed by atoms with Crippen LogP contribution in [-0.4, -0.2) is 24.6 Å². The Bertz CT molecular complexity index is 776. The van der Waals surface area contributed by atoms with E-state index in [0.29, 0.717) is 12.7 Å². The van der Waals surface area contributed by atoms with Crippen LogP contribution in [0.4, 0.5) is 14.5 Å². The van der Waals surface area contributed by atoms with Gasteiger partial charge in [-0.25, -0.2) is 13.6 Å². The molecule has 2 rings (SSSR count). The molecule has 0 atom stereocenters. The molecule has 1 amide bonds. The zero-order valence-electron chi connectivity index (χ0n) is 14.4. The van der Waals surface area contributed by atoms with E-state index in [9.17, 15) is 18.4 Å². The van der Waals surface area contributed by atoms with Gasteiger partial charge in [-0.1, -0.05) is 12.1 Å². The smallest absolute Gasteiger partial charge is 0.338 e. The first kappa shape index (κ1) is 19.5. The van der Waals surface area contributed by atoms with Crippen molar-refractivity contribution in [1.29, 1.82) is 0 Å². The number of hydrogen-bond acceptors (Lipinski definition) is 4. The molecule has 0 heterocycles. The Balaban J connectivity index is 1.84. The van der Waals surface area contributed by atoms with E-state index in [2.05, 4.69) is 5.32 Å². The predicted molar refractivity (Wildman–Crippen MR) is 91.6 cm³/mol. The van der Waals surface area contributed by atoms with Gasteiger partial charge in [0.2, 0.25) is 0 Å². The number of ether oxygens (including phenoxy) is 2. The van der Waals surface area contributed by atoms with Gasteiger partial charge in [-0.15, -0.1) is 0 Å². The molecular weight excluding hydrogens is 344 g/mol. The summed E-state index contributed by atoms with van der Waals surface area (Å²) < 4.78 is 36.6. The maximum atomic E-state index is 13.5. The Labute approximate surface area is 149 Å². The highest BCUT2D eigenvalue weighted by molar-refractivity contribution is 5.95. The normalized spacial score (nSPS) is 10.7. The Kier molecular flexibility index (Phi) is 6.80. The van der Waals surface area contributed by atoms with Gasteiger partial charge < -0.3 is 14.8 Å². The minimum atomic E-state index is -0.913. The molecule has 0 unspecified atom stereocenters. The summed E-state index contributed by atoms with van der Waals surface area (Å²) in [6.07, 6.45) is 0.101. The molecule has 0 spiro atoms. The van der Waals surface area contributed by atoms with Crippen molar-refractivity contribution in [3.05, 3.63) is 65.2 Å². The first-order valence-corrected chi connectivity index (χ1v) is 7.97. The maximum absolute atomic E-state index is 13.5. The van der Waals surface area contributed by atoms with Crippen LogP contribution in [0.25, 0.3) is 0 Å². The Hall–Kier alpha value is -2.80. The molecule has 138 valence electrons. The highest BCUT2D eigenvalue weighted by Crippen LogP contribution is 2.15. The van der Waals surface area contributed by atoms with Gasteiger partial charge in [-0.05, 0) is 43.7 Å². The molecular formula is C19H19F2NO4. The molecule has 0 saturated heterocycles. The molecule has 26 heavy (non-hydrogen) atoms. The van der Waals surface area contributed by atoms with Crippen molar-refractivity contribution in [2.24, 2.45) is 0 Å². The van der Waals surface area contributed by atoms with Gasteiger partial charge in [0.05, 0.1) is 24.0 Å². The summed E-state index contributed by atoms with van der Waals surface area (Å²) >= 11 is 0. The molecule has 2 aromatic carbocycles. The van der Waals surface area contributed by atoms with Gasteiger partial charge in [0.1, 0.15) is 11.6 Å². The minimum absolute atomic E-state index is 0.101. The van der Waals surface area contributed by atoms with Crippen LogP contribution in [0.2, 0.25) is 0 Å². The van der Waals surface area contributed by atoms with Crippen LogP contribution in [0.3, 0.4) is 0 Å². The first-order valence-electron chi connectivity index (χ1n) is 7.97. The van der Waals surface area contributed by atoms with E-state index in [4.69, 9.17) is 9.47 Å². The SMILES string of the molecule is CC(C)OCc1ccc(C(=O)OCC(=O)Nc2ccc(F)cc2F)cc1. The molecule has 7 heteroatoms. The van der Waals surface area contributed by atoms with Crippen LogP contribution < -0.4 is 5.32 Å². The highest BCUT2D eigenvalue weighted by atomic mass is 19.1. The topological polar surface area (TPSA) is 64.6 Å². The third-order valence-electron chi connectivity index (χ3n) is 3.31. The Morgan fingerprint density at radius 2 is 1.77 bits per heavy atom. The van der Waals surface area contributed by atoms with E-state index in [0.717, 1.165) is 17.7 Å². The van der Waals surface area contributed by atoms with E-state index >= 15 is 0 Å². The molecule has 0 aliphatic carbocycles. The Morgan fingerprint density at radius 1 is 1.08 bits per heavy atom. The molecule has 0 aliphatic rings. The largest absolute Gasteiger partial charge is 0.452 e. The van der Waals surface area contributed by atoms with Crippen molar-refractivity contribution in [3.63, 3.8) is 0 Å². The van der Waals surface area contributed by atoms with Crippen molar-refractivity contribution in [3.8, 4) is 0 Å². The van der Waals surface area contributed by atoms with Gasteiger partial charge >= 0.3 is 5.97 Å². The molecule has 0 saturated carbocycles. The molecule has 0 radical (unpaired) electrons. The molecule has 2 aromatic rings. The third-order valence-corrected chi connectivity index (χ3v) is 3.31. The summed E-state index contributed by atoms with van der Waals surface area (Å²) in [5.41, 5.74) is 0.987. The van der Waals surface area contributed by atoms with Crippen molar-refractivity contribution in [2.45, 2.75) is 26.6 Å².